The Morgan fingerprint density at radius 1 is 1.33 bits per heavy atom. The van der Waals surface area contributed by atoms with Crippen molar-refractivity contribution in [2.24, 2.45) is 11.7 Å². The topological polar surface area (TPSA) is 35.2 Å². The first-order chi connectivity index (χ1) is 8.43. The van der Waals surface area contributed by atoms with Gasteiger partial charge in [0.05, 0.1) is 11.7 Å². The SMILES string of the molecule is NCC1CCOC1c1ccc(F)c(C(F)(F)F)c1. The lowest BCUT2D eigenvalue weighted by Crippen LogP contribution is -2.18. The molecule has 0 spiro atoms. The molecule has 1 aromatic carbocycles. The molecule has 1 aliphatic rings. The second-order valence-corrected chi connectivity index (χ2v) is 4.31. The Morgan fingerprint density at radius 3 is 2.67 bits per heavy atom. The monoisotopic (exact) mass is 263 g/mol. The molecule has 0 amide bonds. The van der Waals surface area contributed by atoms with Crippen LogP contribution in [0, 0.1) is 11.7 Å². The molecule has 6 heteroatoms. The highest BCUT2D eigenvalue weighted by Crippen LogP contribution is 2.38. The van der Waals surface area contributed by atoms with E-state index in [1.807, 2.05) is 0 Å². The molecule has 1 aromatic rings. The number of hydrogen-bond donors (Lipinski definition) is 1. The van der Waals surface area contributed by atoms with Gasteiger partial charge in [-0.15, -0.1) is 0 Å². The van der Waals surface area contributed by atoms with Crippen molar-refractivity contribution < 1.29 is 22.3 Å². The van der Waals surface area contributed by atoms with Gasteiger partial charge in [0.25, 0.3) is 0 Å². The highest BCUT2D eigenvalue weighted by atomic mass is 19.4. The van der Waals surface area contributed by atoms with Crippen LogP contribution in [0.3, 0.4) is 0 Å². The van der Waals surface area contributed by atoms with Gasteiger partial charge in [-0.2, -0.15) is 13.2 Å². The summed E-state index contributed by atoms with van der Waals surface area (Å²) >= 11 is 0. The Kier molecular flexibility index (Phi) is 3.59. The van der Waals surface area contributed by atoms with E-state index in [-0.39, 0.29) is 5.92 Å². The van der Waals surface area contributed by atoms with Gasteiger partial charge in [0.1, 0.15) is 5.82 Å². The third kappa shape index (κ3) is 2.49. The summed E-state index contributed by atoms with van der Waals surface area (Å²) < 4.78 is 56.3. The van der Waals surface area contributed by atoms with E-state index in [4.69, 9.17) is 10.5 Å². The second kappa shape index (κ2) is 4.85. The summed E-state index contributed by atoms with van der Waals surface area (Å²) in [5.41, 5.74) is 4.61. The number of nitrogens with two attached hydrogens (primary N) is 1. The highest BCUT2D eigenvalue weighted by molar-refractivity contribution is 5.29. The van der Waals surface area contributed by atoms with Crippen LogP contribution in [0.1, 0.15) is 23.7 Å². The van der Waals surface area contributed by atoms with Gasteiger partial charge in [-0.3, -0.25) is 0 Å². The van der Waals surface area contributed by atoms with Crippen molar-refractivity contribution in [2.45, 2.75) is 18.7 Å². The number of benzene rings is 1. The minimum atomic E-state index is -4.70. The van der Waals surface area contributed by atoms with E-state index < -0.39 is 23.7 Å². The van der Waals surface area contributed by atoms with E-state index in [1.165, 1.54) is 6.07 Å². The van der Waals surface area contributed by atoms with E-state index in [0.29, 0.717) is 25.1 Å². The smallest absolute Gasteiger partial charge is 0.373 e. The van der Waals surface area contributed by atoms with E-state index >= 15 is 0 Å². The Hall–Kier alpha value is -1.14. The van der Waals surface area contributed by atoms with Crippen LogP contribution in [-0.2, 0) is 10.9 Å². The van der Waals surface area contributed by atoms with E-state index in [2.05, 4.69) is 0 Å². The Bertz CT molecular complexity index is 433. The average molecular weight is 263 g/mol. The molecule has 0 aromatic heterocycles. The summed E-state index contributed by atoms with van der Waals surface area (Å²) in [6.45, 7) is 0.800. The van der Waals surface area contributed by atoms with Crippen LogP contribution in [0.4, 0.5) is 17.6 Å². The first kappa shape index (κ1) is 13.3. The number of ether oxygens (including phenoxy) is 1. The molecule has 1 saturated heterocycles. The van der Waals surface area contributed by atoms with Gasteiger partial charge in [0.15, 0.2) is 0 Å². The van der Waals surface area contributed by atoms with Crippen molar-refractivity contribution in [3.8, 4) is 0 Å². The van der Waals surface area contributed by atoms with Gasteiger partial charge >= 0.3 is 6.18 Å². The molecule has 1 heterocycles. The van der Waals surface area contributed by atoms with Crippen molar-refractivity contribution >= 4 is 0 Å². The summed E-state index contributed by atoms with van der Waals surface area (Å²) in [6.07, 6.45) is -4.46. The molecule has 0 bridgehead atoms. The van der Waals surface area contributed by atoms with Gasteiger partial charge in [-0.1, -0.05) is 6.07 Å². The molecule has 2 atom stereocenters. The van der Waals surface area contributed by atoms with Gasteiger partial charge in [-0.05, 0) is 30.7 Å². The maximum Gasteiger partial charge on any atom is 0.419 e. The zero-order valence-electron chi connectivity index (χ0n) is 9.51. The van der Waals surface area contributed by atoms with E-state index in [1.54, 1.807) is 0 Å². The maximum absolute atomic E-state index is 13.1. The molecule has 0 radical (unpaired) electrons. The first-order valence-corrected chi connectivity index (χ1v) is 5.62. The fourth-order valence-corrected chi connectivity index (χ4v) is 2.18. The van der Waals surface area contributed by atoms with Crippen LogP contribution in [0.15, 0.2) is 18.2 Å². The van der Waals surface area contributed by atoms with Gasteiger partial charge in [0, 0.05) is 12.5 Å². The molecule has 2 unspecified atom stereocenters. The number of halogens is 4. The first-order valence-electron chi connectivity index (χ1n) is 5.62. The van der Waals surface area contributed by atoms with Crippen molar-refractivity contribution in [1.82, 2.24) is 0 Å². The summed E-state index contributed by atoms with van der Waals surface area (Å²) in [6, 6.07) is 2.96. The van der Waals surface area contributed by atoms with Crippen LogP contribution in [0.5, 0.6) is 0 Å². The summed E-state index contributed by atoms with van der Waals surface area (Å²) in [5, 5.41) is 0. The summed E-state index contributed by atoms with van der Waals surface area (Å²) in [4.78, 5) is 0. The van der Waals surface area contributed by atoms with Crippen molar-refractivity contribution in [1.29, 1.82) is 0 Å². The Balaban J connectivity index is 2.35. The third-order valence-corrected chi connectivity index (χ3v) is 3.14. The lowest BCUT2D eigenvalue weighted by molar-refractivity contribution is -0.140. The molecule has 2 rings (SSSR count). The highest BCUT2D eigenvalue weighted by Gasteiger charge is 2.36. The van der Waals surface area contributed by atoms with Crippen molar-refractivity contribution in [2.75, 3.05) is 13.2 Å². The fraction of sp³-hybridized carbons (Fsp3) is 0.500. The summed E-state index contributed by atoms with van der Waals surface area (Å²) in [7, 11) is 0. The predicted octanol–water partition coefficient (Wildman–Crippen LogP) is 2.88. The summed E-state index contributed by atoms with van der Waals surface area (Å²) in [5.74, 6) is -1.29. The van der Waals surface area contributed by atoms with Crippen LogP contribution in [0.25, 0.3) is 0 Å². The Morgan fingerprint density at radius 2 is 2.06 bits per heavy atom. The number of rotatable bonds is 2. The van der Waals surface area contributed by atoms with E-state index in [0.717, 1.165) is 12.1 Å². The maximum atomic E-state index is 13.1. The molecule has 0 saturated carbocycles. The quantitative estimate of drug-likeness (QED) is 0.833. The standard InChI is InChI=1S/C12H13F4NO/c13-10-2-1-7(5-9(10)12(14,15)16)11-8(6-17)3-4-18-11/h1-2,5,8,11H,3-4,6,17H2. The molecule has 18 heavy (non-hydrogen) atoms. The lowest BCUT2D eigenvalue weighted by atomic mass is 9.94. The van der Waals surface area contributed by atoms with Crippen molar-refractivity contribution in [3.05, 3.63) is 35.1 Å². The normalized spacial score (nSPS) is 24.5. The molecule has 0 aliphatic carbocycles. The molecule has 2 N–H and O–H groups in total. The molecule has 1 aliphatic heterocycles. The average Bonchev–Trinajstić information content (AvgIpc) is 2.76. The zero-order chi connectivity index (χ0) is 13.3. The zero-order valence-corrected chi connectivity index (χ0v) is 9.51. The minimum Gasteiger partial charge on any atom is -0.373 e. The minimum absolute atomic E-state index is 0.0171. The molecule has 2 nitrogen and oxygen atoms in total. The molecular weight excluding hydrogens is 250 g/mol. The molecule has 1 fully saturated rings. The van der Waals surface area contributed by atoms with Crippen LogP contribution < -0.4 is 5.73 Å². The van der Waals surface area contributed by atoms with E-state index in [9.17, 15) is 17.6 Å². The Labute approximate surface area is 102 Å². The second-order valence-electron chi connectivity index (χ2n) is 4.31. The predicted molar refractivity (Wildman–Crippen MR) is 57.3 cm³/mol. The molecule has 100 valence electrons. The van der Waals surface area contributed by atoms with Gasteiger partial charge < -0.3 is 10.5 Å². The third-order valence-electron chi connectivity index (χ3n) is 3.14. The van der Waals surface area contributed by atoms with Crippen molar-refractivity contribution in [3.63, 3.8) is 0 Å². The number of hydrogen-bond acceptors (Lipinski definition) is 2. The fourth-order valence-electron chi connectivity index (χ4n) is 2.18. The van der Waals surface area contributed by atoms with Gasteiger partial charge in [0.2, 0.25) is 0 Å². The number of alkyl halides is 3. The lowest BCUT2D eigenvalue weighted by Gasteiger charge is -2.19. The van der Waals surface area contributed by atoms with Gasteiger partial charge in [-0.25, -0.2) is 4.39 Å². The molecular formula is C12H13F4NO. The van der Waals surface area contributed by atoms with Crippen LogP contribution in [0.2, 0.25) is 0 Å². The largest absolute Gasteiger partial charge is 0.419 e. The van der Waals surface area contributed by atoms with Crippen LogP contribution >= 0.6 is 0 Å². The van der Waals surface area contributed by atoms with Crippen LogP contribution in [-0.4, -0.2) is 13.2 Å².